The third kappa shape index (κ3) is 4.09. The number of benzodiazepines with no additional fused rings is 1. The van der Waals surface area contributed by atoms with Crippen LogP contribution in [0.1, 0.15) is 30.9 Å². The predicted octanol–water partition coefficient (Wildman–Crippen LogP) is 5.01. The van der Waals surface area contributed by atoms with Gasteiger partial charge in [-0.1, -0.05) is 54.7 Å². The summed E-state index contributed by atoms with van der Waals surface area (Å²) in [5.41, 5.74) is 3.03. The Morgan fingerprint density at radius 3 is 2.73 bits per heavy atom. The first kappa shape index (κ1) is 18.5. The number of hydrogen-bond acceptors (Lipinski definition) is 3. The molecule has 0 aromatic heterocycles. The zero-order valence-electron chi connectivity index (χ0n) is 14.4. The number of aliphatic imine (C=N–C) groups is 1. The fraction of sp³-hybridized carbons (Fsp3) is 0.200. The van der Waals surface area contributed by atoms with E-state index in [0.29, 0.717) is 27.1 Å². The van der Waals surface area contributed by atoms with E-state index in [1.807, 2.05) is 18.2 Å². The molecule has 2 aromatic rings. The summed E-state index contributed by atoms with van der Waals surface area (Å²) >= 11 is 12.6. The number of nitrogens with one attached hydrogen (secondary N) is 2. The van der Waals surface area contributed by atoms with Gasteiger partial charge in [-0.05, 0) is 30.7 Å². The van der Waals surface area contributed by atoms with Crippen LogP contribution in [0.3, 0.4) is 0 Å². The Morgan fingerprint density at radius 1 is 1.15 bits per heavy atom. The Balaban J connectivity index is 2.12. The molecule has 4 nitrogen and oxygen atoms in total. The number of rotatable bonds is 5. The summed E-state index contributed by atoms with van der Waals surface area (Å²) in [6, 6.07) is 12.7. The van der Waals surface area contributed by atoms with Crippen LogP contribution in [-0.4, -0.2) is 18.2 Å². The molecule has 0 radical (unpaired) electrons. The van der Waals surface area contributed by atoms with Crippen LogP contribution in [0.4, 0.5) is 5.69 Å². The van der Waals surface area contributed by atoms with Gasteiger partial charge >= 0.3 is 0 Å². The molecule has 0 fully saturated rings. The van der Waals surface area contributed by atoms with E-state index in [0.717, 1.165) is 30.5 Å². The lowest BCUT2D eigenvalue weighted by Gasteiger charge is -2.11. The van der Waals surface area contributed by atoms with E-state index in [-0.39, 0.29) is 5.91 Å². The van der Waals surface area contributed by atoms with Gasteiger partial charge in [0.1, 0.15) is 5.70 Å². The summed E-state index contributed by atoms with van der Waals surface area (Å²) in [7, 11) is 0. The van der Waals surface area contributed by atoms with Crippen molar-refractivity contribution >= 4 is 40.5 Å². The average molecular weight is 388 g/mol. The van der Waals surface area contributed by atoms with Crippen molar-refractivity contribution in [3.05, 3.63) is 75.5 Å². The number of nitrogens with zero attached hydrogens (tertiary/aromatic N) is 1. The predicted molar refractivity (Wildman–Crippen MR) is 108 cm³/mol. The molecular formula is C20H19Cl2N3O. The van der Waals surface area contributed by atoms with E-state index < -0.39 is 0 Å². The lowest BCUT2D eigenvalue weighted by Crippen LogP contribution is -2.16. The van der Waals surface area contributed by atoms with E-state index in [2.05, 4.69) is 22.5 Å². The number of amides is 1. The van der Waals surface area contributed by atoms with E-state index in [4.69, 9.17) is 23.2 Å². The summed E-state index contributed by atoms with van der Waals surface area (Å²) in [5.74, 6) is -0.278. The molecule has 1 aliphatic rings. The van der Waals surface area contributed by atoms with Gasteiger partial charge in [-0.25, -0.2) is 4.99 Å². The zero-order valence-corrected chi connectivity index (χ0v) is 15.9. The fourth-order valence-electron chi connectivity index (χ4n) is 2.64. The minimum atomic E-state index is -0.278. The van der Waals surface area contributed by atoms with Crippen LogP contribution in [0.15, 0.2) is 59.4 Å². The van der Waals surface area contributed by atoms with Crippen molar-refractivity contribution < 1.29 is 4.79 Å². The Kier molecular flexibility index (Phi) is 5.96. The highest BCUT2D eigenvalue weighted by Gasteiger charge is 2.23. The molecule has 3 rings (SSSR count). The van der Waals surface area contributed by atoms with Crippen LogP contribution >= 0.6 is 23.2 Å². The van der Waals surface area contributed by atoms with Crippen molar-refractivity contribution in [2.75, 3.05) is 11.9 Å². The van der Waals surface area contributed by atoms with Gasteiger partial charge < -0.3 is 10.6 Å². The van der Waals surface area contributed by atoms with E-state index in [1.165, 1.54) is 0 Å². The second-order valence-corrected chi connectivity index (χ2v) is 6.77. The Morgan fingerprint density at radius 2 is 1.96 bits per heavy atom. The molecule has 0 aliphatic carbocycles. The normalized spacial score (nSPS) is 15.1. The Labute approximate surface area is 162 Å². The Bertz CT molecular complexity index is 890. The van der Waals surface area contributed by atoms with E-state index in [9.17, 15) is 4.79 Å². The van der Waals surface area contributed by atoms with E-state index >= 15 is 0 Å². The van der Waals surface area contributed by atoms with Crippen LogP contribution < -0.4 is 10.6 Å². The van der Waals surface area contributed by atoms with Crippen molar-refractivity contribution in [3.8, 4) is 0 Å². The summed E-state index contributed by atoms with van der Waals surface area (Å²) in [4.78, 5) is 17.2. The molecule has 2 aromatic carbocycles. The summed E-state index contributed by atoms with van der Waals surface area (Å²) in [6.07, 6.45) is 3.73. The highest BCUT2D eigenvalue weighted by Crippen LogP contribution is 2.30. The van der Waals surface area contributed by atoms with Gasteiger partial charge in [-0.3, -0.25) is 4.79 Å². The summed E-state index contributed by atoms with van der Waals surface area (Å²) < 4.78 is 0. The van der Waals surface area contributed by atoms with Gasteiger partial charge in [0, 0.05) is 33.9 Å². The smallest absolute Gasteiger partial charge is 0.275 e. The lowest BCUT2D eigenvalue weighted by atomic mass is 10.0. The van der Waals surface area contributed by atoms with Crippen molar-refractivity contribution in [1.82, 2.24) is 5.32 Å². The third-order valence-corrected chi connectivity index (χ3v) is 4.56. The molecule has 0 saturated carbocycles. The van der Waals surface area contributed by atoms with Crippen molar-refractivity contribution in [2.24, 2.45) is 4.99 Å². The van der Waals surface area contributed by atoms with Crippen molar-refractivity contribution in [2.45, 2.75) is 19.8 Å². The first-order valence-electron chi connectivity index (χ1n) is 8.48. The number of hydrogen-bond donors (Lipinski definition) is 2. The van der Waals surface area contributed by atoms with Crippen molar-refractivity contribution in [1.29, 1.82) is 0 Å². The summed E-state index contributed by atoms with van der Waals surface area (Å²) in [5, 5.41) is 7.17. The SMILES string of the molecule is CCCCNC=C1N=C(c2ccccc2Cl)c2cc(Cl)ccc2NC1=O. The van der Waals surface area contributed by atoms with Crippen LogP contribution in [0, 0.1) is 0 Å². The second-order valence-electron chi connectivity index (χ2n) is 5.92. The maximum Gasteiger partial charge on any atom is 0.275 e. The Hall–Kier alpha value is -2.30. The molecule has 0 spiro atoms. The standard InChI is InChI=1S/C20H19Cl2N3O/c1-2-3-10-23-12-18-20(26)25-17-9-8-13(21)11-15(17)19(24-18)14-6-4-5-7-16(14)22/h4-9,11-12,23H,2-3,10H2,1H3,(H,25,26). The largest absolute Gasteiger partial charge is 0.389 e. The minimum Gasteiger partial charge on any atom is -0.389 e. The number of benzene rings is 2. The minimum absolute atomic E-state index is 0.278. The van der Waals surface area contributed by atoms with Crippen LogP contribution in [0.2, 0.25) is 10.0 Å². The maximum absolute atomic E-state index is 12.6. The molecule has 1 aliphatic heterocycles. The number of carbonyl (C=O) groups is 1. The van der Waals surface area contributed by atoms with E-state index in [1.54, 1.807) is 30.5 Å². The molecule has 1 amide bonds. The fourth-order valence-corrected chi connectivity index (χ4v) is 3.04. The van der Waals surface area contributed by atoms with Gasteiger partial charge in [-0.2, -0.15) is 0 Å². The first-order chi connectivity index (χ1) is 12.6. The molecule has 2 N–H and O–H groups in total. The zero-order chi connectivity index (χ0) is 18.5. The van der Waals surface area contributed by atoms with Crippen LogP contribution in [0.5, 0.6) is 0 Å². The molecule has 0 saturated heterocycles. The topological polar surface area (TPSA) is 53.5 Å². The molecular weight excluding hydrogens is 369 g/mol. The molecule has 0 atom stereocenters. The van der Waals surface area contributed by atoms with Gasteiger partial charge in [0.15, 0.2) is 0 Å². The molecule has 1 heterocycles. The maximum atomic E-state index is 12.6. The summed E-state index contributed by atoms with van der Waals surface area (Å²) in [6.45, 7) is 2.89. The highest BCUT2D eigenvalue weighted by atomic mass is 35.5. The van der Waals surface area contributed by atoms with Gasteiger partial charge in [-0.15, -0.1) is 0 Å². The number of unbranched alkanes of at least 4 members (excludes halogenated alkanes) is 1. The second kappa shape index (κ2) is 8.39. The number of fused-ring (bicyclic) bond motifs is 1. The van der Waals surface area contributed by atoms with Crippen molar-refractivity contribution in [3.63, 3.8) is 0 Å². The molecule has 0 bridgehead atoms. The molecule has 0 unspecified atom stereocenters. The molecule has 134 valence electrons. The number of anilines is 1. The lowest BCUT2D eigenvalue weighted by molar-refractivity contribution is -0.112. The van der Waals surface area contributed by atoms with Crippen LogP contribution in [-0.2, 0) is 4.79 Å². The first-order valence-corrected chi connectivity index (χ1v) is 9.24. The molecule has 26 heavy (non-hydrogen) atoms. The molecule has 6 heteroatoms. The highest BCUT2D eigenvalue weighted by molar-refractivity contribution is 6.37. The quantitative estimate of drug-likeness (QED) is 0.559. The van der Waals surface area contributed by atoms with Gasteiger partial charge in [0.2, 0.25) is 0 Å². The monoisotopic (exact) mass is 387 g/mol. The van der Waals surface area contributed by atoms with Gasteiger partial charge in [0.25, 0.3) is 5.91 Å². The number of halogens is 2. The third-order valence-electron chi connectivity index (χ3n) is 3.99. The van der Waals surface area contributed by atoms with Crippen LogP contribution in [0.25, 0.3) is 0 Å². The number of carbonyl (C=O) groups excluding carboxylic acids is 1. The van der Waals surface area contributed by atoms with Gasteiger partial charge in [0.05, 0.1) is 11.4 Å². The average Bonchev–Trinajstić information content (AvgIpc) is 2.76.